The first-order chi connectivity index (χ1) is 16.3. The number of hydrogen-bond acceptors (Lipinski definition) is 9. The van der Waals surface area contributed by atoms with Crippen LogP contribution in [0.3, 0.4) is 0 Å². The highest BCUT2D eigenvalue weighted by Crippen LogP contribution is 2.63. The lowest BCUT2D eigenvalue weighted by Crippen LogP contribution is -2.66. The molecule has 200 valence electrons. The van der Waals surface area contributed by atoms with E-state index in [1.165, 1.54) is 0 Å². The minimum atomic E-state index is -1.59. The fourth-order valence-electron chi connectivity index (χ4n) is 7.60. The maximum atomic E-state index is 11.4. The van der Waals surface area contributed by atoms with E-state index in [4.69, 9.17) is 9.47 Å². The van der Waals surface area contributed by atoms with Crippen LogP contribution in [0.5, 0.6) is 0 Å². The van der Waals surface area contributed by atoms with Crippen LogP contribution in [-0.2, 0) is 9.47 Å². The average Bonchev–Trinajstić information content (AvgIpc) is 2.80. The van der Waals surface area contributed by atoms with E-state index in [1.807, 2.05) is 12.2 Å². The van der Waals surface area contributed by atoms with Crippen molar-refractivity contribution in [3.8, 4) is 0 Å². The van der Waals surface area contributed by atoms with Gasteiger partial charge < -0.3 is 45.2 Å². The van der Waals surface area contributed by atoms with Crippen LogP contribution < -0.4 is 0 Å². The van der Waals surface area contributed by atoms with Crippen LogP contribution in [0.25, 0.3) is 0 Å². The molecule has 3 unspecified atom stereocenters. The van der Waals surface area contributed by atoms with Gasteiger partial charge >= 0.3 is 0 Å². The maximum Gasteiger partial charge on any atom is 0.186 e. The van der Waals surface area contributed by atoms with Crippen molar-refractivity contribution >= 4 is 0 Å². The number of allylic oxidation sites excluding steroid dienone is 2. The number of hydrogen-bond donors (Lipinski definition) is 7. The van der Waals surface area contributed by atoms with Gasteiger partial charge in [0.25, 0.3) is 0 Å². The van der Waals surface area contributed by atoms with Gasteiger partial charge in [-0.2, -0.15) is 0 Å². The molecule has 13 atom stereocenters. The third-order valence-electron chi connectivity index (χ3n) is 9.59. The minimum absolute atomic E-state index is 0.0480. The number of rotatable bonds is 5. The average molecular weight is 499 g/mol. The zero-order valence-electron chi connectivity index (χ0n) is 20.8. The third kappa shape index (κ3) is 4.32. The summed E-state index contributed by atoms with van der Waals surface area (Å²) < 4.78 is 11.3. The summed E-state index contributed by atoms with van der Waals surface area (Å²) in [5.74, 6) is -0.335. The maximum absolute atomic E-state index is 11.4. The zero-order chi connectivity index (χ0) is 25.9. The molecular formula is C26H42O9. The molecule has 1 aliphatic heterocycles. The van der Waals surface area contributed by atoms with E-state index < -0.39 is 72.4 Å². The van der Waals surface area contributed by atoms with Gasteiger partial charge in [-0.05, 0) is 42.4 Å². The van der Waals surface area contributed by atoms with E-state index in [0.717, 1.165) is 24.8 Å². The Kier molecular flexibility index (Phi) is 7.34. The largest absolute Gasteiger partial charge is 0.394 e. The second kappa shape index (κ2) is 9.45. The molecule has 9 heteroatoms. The predicted octanol–water partition coefficient (Wildman–Crippen LogP) is -0.149. The monoisotopic (exact) mass is 498 g/mol. The molecule has 3 fully saturated rings. The molecule has 0 aromatic carbocycles. The lowest BCUT2D eigenvalue weighted by Gasteiger charge is -2.63. The molecular weight excluding hydrogens is 456 g/mol. The van der Waals surface area contributed by atoms with Crippen molar-refractivity contribution in [2.24, 2.45) is 28.1 Å². The van der Waals surface area contributed by atoms with Crippen LogP contribution in [-0.4, -0.2) is 98.0 Å². The van der Waals surface area contributed by atoms with Crippen LogP contribution in [0, 0.1) is 28.1 Å². The molecule has 35 heavy (non-hydrogen) atoms. The molecule has 0 aromatic heterocycles. The molecule has 0 spiro atoms. The van der Waals surface area contributed by atoms with Gasteiger partial charge in [0.1, 0.15) is 24.4 Å². The number of aliphatic hydroxyl groups is 7. The Morgan fingerprint density at radius 3 is 2.40 bits per heavy atom. The molecule has 0 amide bonds. The van der Waals surface area contributed by atoms with Gasteiger partial charge in [-0.3, -0.25) is 0 Å². The third-order valence-corrected chi connectivity index (χ3v) is 9.59. The highest BCUT2D eigenvalue weighted by atomic mass is 16.7. The fraction of sp³-hybridized carbons (Fsp3) is 0.846. The molecule has 4 aliphatic rings. The Morgan fingerprint density at radius 2 is 1.77 bits per heavy atom. The number of aliphatic hydroxyl groups excluding tert-OH is 7. The molecule has 2 saturated carbocycles. The summed E-state index contributed by atoms with van der Waals surface area (Å²) in [6.45, 7) is 9.21. The van der Waals surface area contributed by atoms with E-state index in [0.29, 0.717) is 6.42 Å². The molecule has 0 radical (unpaired) electrons. The zero-order valence-corrected chi connectivity index (χ0v) is 20.8. The van der Waals surface area contributed by atoms with Crippen molar-refractivity contribution in [2.45, 2.75) is 95.5 Å². The van der Waals surface area contributed by atoms with Crippen molar-refractivity contribution < 1.29 is 45.2 Å². The Bertz CT molecular complexity index is 832. The van der Waals surface area contributed by atoms with Crippen LogP contribution in [0.1, 0.15) is 46.5 Å². The van der Waals surface area contributed by atoms with E-state index in [-0.39, 0.29) is 17.9 Å². The molecule has 0 aromatic rings. The summed E-state index contributed by atoms with van der Waals surface area (Å²) in [6.07, 6.45) is -3.49. The quantitative estimate of drug-likeness (QED) is 0.256. The number of ether oxygens (including phenoxy) is 2. The Labute approximate surface area is 206 Å². The summed E-state index contributed by atoms with van der Waals surface area (Å²) in [7, 11) is 0. The van der Waals surface area contributed by atoms with Gasteiger partial charge in [0.05, 0.1) is 31.5 Å². The van der Waals surface area contributed by atoms with Crippen LogP contribution in [0.2, 0.25) is 0 Å². The van der Waals surface area contributed by atoms with Crippen LogP contribution in [0.15, 0.2) is 24.3 Å². The molecule has 9 nitrogen and oxygen atoms in total. The summed E-state index contributed by atoms with van der Waals surface area (Å²) >= 11 is 0. The van der Waals surface area contributed by atoms with Gasteiger partial charge in [0.15, 0.2) is 6.29 Å². The highest BCUT2D eigenvalue weighted by molar-refractivity contribution is 5.29. The summed E-state index contributed by atoms with van der Waals surface area (Å²) in [5.41, 5.74) is -0.525. The Hall–Kier alpha value is -0.880. The van der Waals surface area contributed by atoms with Crippen LogP contribution >= 0.6 is 0 Å². The van der Waals surface area contributed by atoms with Crippen molar-refractivity contribution in [1.82, 2.24) is 0 Å². The van der Waals surface area contributed by atoms with Gasteiger partial charge in [-0.1, -0.05) is 38.5 Å². The summed E-state index contributed by atoms with van der Waals surface area (Å²) in [4.78, 5) is 0. The second-order valence-electron chi connectivity index (χ2n) is 12.1. The van der Waals surface area contributed by atoms with Crippen molar-refractivity contribution in [3.05, 3.63) is 24.3 Å². The molecule has 4 rings (SSSR count). The first-order valence-electron chi connectivity index (χ1n) is 12.6. The van der Waals surface area contributed by atoms with Gasteiger partial charge in [-0.25, -0.2) is 0 Å². The molecule has 7 N–H and O–H groups in total. The first-order valence-corrected chi connectivity index (χ1v) is 12.6. The van der Waals surface area contributed by atoms with Crippen molar-refractivity contribution in [2.75, 3.05) is 13.2 Å². The standard InChI is InChI=1S/C26H42O9/c1-5-24(2)7-6-14-13(9-24)8-15(28)21-25(14,3)10-16(29)22(33)26(21,4)12-34-23-20(32)19(31)18(30)17(11-27)35-23/h5,8,14-23,27-33H,1,6-7,9-12H2,2-4H3/t14?,15-,16+,17+,18+,19-,20?,21?,22-,23+,24-,25+,26+/m0/s1. The SMILES string of the molecule is C=C[C@@]1(C)CCC2C(=C[C@H](O)C3[C@]2(C)C[C@@H](O)[C@H](O)[C@]3(C)CO[C@@H]2O[C@H](CO)[C@@H](O)[C@H](O)C2O)C1. The minimum Gasteiger partial charge on any atom is -0.394 e. The van der Waals surface area contributed by atoms with E-state index in [2.05, 4.69) is 20.4 Å². The van der Waals surface area contributed by atoms with E-state index >= 15 is 0 Å². The van der Waals surface area contributed by atoms with Crippen LogP contribution in [0.4, 0.5) is 0 Å². The van der Waals surface area contributed by atoms with Gasteiger partial charge in [0, 0.05) is 11.3 Å². The molecule has 3 aliphatic carbocycles. The number of fused-ring (bicyclic) bond motifs is 3. The fourth-order valence-corrected chi connectivity index (χ4v) is 7.60. The molecule has 1 heterocycles. The normalized spacial score (nSPS) is 54.4. The van der Waals surface area contributed by atoms with Crippen molar-refractivity contribution in [1.29, 1.82) is 0 Å². The van der Waals surface area contributed by atoms with Gasteiger partial charge in [0.2, 0.25) is 0 Å². The van der Waals surface area contributed by atoms with Crippen molar-refractivity contribution in [3.63, 3.8) is 0 Å². The van der Waals surface area contributed by atoms with Gasteiger partial charge in [-0.15, -0.1) is 6.58 Å². The molecule has 0 bridgehead atoms. The van der Waals surface area contributed by atoms with E-state index in [1.54, 1.807) is 6.92 Å². The highest BCUT2D eigenvalue weighted by Gasteiger charge is 2.64. The molecule has 1 saturated heterocycles. The Balaban J connectivity index is 1.63. The smallest absolute Gasteiger partial charge is 0.186 e. The lowest BCUT2D eigenvalue weighted by atomic mass is 9.44. The summed E-state index contributed by atoms with van der Waals surface area (Å²) in [5, 5.41) is 73.5. The summed E-state index contributed by atoms with van der Waals surface area (Å²) in [6, 6.07) is 0. The Morgan fingerprint density at radius 1 is 1.09 bits per heavy atom. The van der Waals surface area contributed by atoms with E-state index in [9.17, 15) is 35.7 Å². The predicted molar refractivity (Wildman–Crippen MR) is 126 cm³/mol. The second-order valence-corrected chi connectivity index (χ2v) is 12.1. The lowest BCUT2D eigenvalue weighted by molar-refractivity contribution is -0.317. The topological polar surface area (TPSA) is 160 Å². The first kappa shape index (κ1) is 27.2.